The Labute approximate surface area is 237 Å². The topological polar surface area (TPSA) is 127 Å². The number of phenolic OH excluding ortho intramolecular Hbond substituents is 1. The van der Waals surface area contributed by atoms with Gasteiger partial charge >= 0.3 is 5.97 Å². The largest absolute Gasteiger partial charge is 0.502 e. The minimum Gasteiger partial charge on any atom is -0.502 e. The minimum absolute atomic E-state index is 0.109. The van der Waals surface area contributed by atoms with Gasteiger partial charge in [-0.2, -0.15) is 0 Å². The third-order valence-corrected chi connectivity index (χ3v) is 7.97. The number of fused-ring (bicyclic) bond motifs is 3. The van der Waals surface area contributed by atoms with E-state index >= 15 is 0 Å². The second-order valence-electron chi connectivity index (χ2n) is 10.8. The Hall–Kier alpha value is -4.03. The molecule has 0 saturated carbocycles. The molecule has 4 atom stereocenters. The van der Waals surface area contributed by atoms with Gasteiger partial charge in [0.1, 0.15) is 5.69 Å². The summed E-state index contributed by atoms with van der Waals surface area (Å²) in [7, 11) is 7.03. The number of hydrogen-bond donors (Lipinski definition) is 1. The van der Waals surface area contributed by atoms with Crippen molar-refractivity contribution in [2.45, 2.75) is 31.6 Å². The lowest BCUT2D eigenvalue weighted by atomic mass is 9.66. The van der Waals surface area contributed by atoms with Crippen LogP contribution in [0.1, 0.15) is 40.8 Å². The predicted molar refractivity (Wildman–Crippen MR) is 144 cm³/mol. The number of phenols is 1. The van der Waals surface area contributed by atoms with Crippen LogP contribution in [0.4, 0.5) is 0 Å². The zero-order valence-corrected chi connectivity index (χ0v) is 23.5. The van der Waals surface area contributed by atoms with Gasteiger partial charge in [0, 0.05) is 18.4 Å². The van der Waals surface area contributed by atoms with Crippen molar-refractivity contribution in [2.75, 3.05) is 48.3 Å². The Bertz CT molecular complexity index is 1420. The van der Waals surface area contributed by atoms with Gasteiger partial charge in [0.05, 0.1) is 45.7 Å². The number of carbonyl (C=O) groups is 1. The Kier molecular flexibility index (Phi) is 7.35. The molecule has 0 unspecified atom stereocenters. The monoisotopic (exact) mass is 566 g/mol. The number of esters is 1. The molecular formula is C29H34N4O8. The highest BCUT2D eigenvalue weighted by molar-refractivity contribution is 5.79. The summed E-state index contributed by atoms with van der Waals surface area (Å²) >= 11 is 0. The summed E-state index contributed by atoms with van der Waals surface area (Å²) in [6, 6.07) is 7.30. The van der Waals surface area contributed by atoms with E-state index in [4.69, 9.17) is 28.4 Å². The highest BCUT2D eigenvalue weighted by Crippen LogP contribution is 2.56. The number of methoxy groups -OCH3 is 2. The summed E-state index contributed by atoms with van der Waals surface area (Å²) < 4.78 is 36.3. The first-order valence-corrected chi connectivity index (χ1v) is 13.6. The van der Waals surface area contributed by atoms with E-state index in [0.29, 0.717) is 17.2 Å². The standard InChI is InChI=1S/C29H34N4O8/c1-32(2)6-5-7-33-12-17(30-31-33)13-38-28-19-11-22-21(40-15-41-22)10-18(19)25(26-20(28)14-39-29(26)35)16-8-23(36-3)27(34)24(9-16)37-4/h8-12,20,25-26,28,34H,5-7,13-15H2,1-4H3/t20-,25+,26-,28+/m0/s1. The van der Waals surface area contributed by atoms with E-state index in [1.807, 2.05) is 37.1 Å². The zero-order valence-electron chi connectivity index (χ0n) is 23.5. The van der Waals surface area contributed by atoms with Crippen LogP contribution in [0.25, 0.3) is 0 Å². The SMILES string of the molecule is COc1cc([C@@H]2c3cc4c(cc3[C@@H](OCc3cn(CCCN(C)C)nn3)[C@H]3COC(=O)[C@H]23)OCO4)cc(OC)c1O. The van der Waals surface area contributed by atoms with E-state index in [1.54, 1.807) is 12.1 Å². The van der Waals surface area contributed by atoms with Crippen LogP contribution < -0.4 is 18.9 Å². The Morgan fingerprint density at radius 2 is 1.76 bits per heavy atom. The molecule has 6 rings (SSSR count). The molecule has 0 amide bonds. The highest BCUT2D eigenvalue weighted by Gasteiger charge is 2.53. The number of aryl methyl sites for hydroxylation is 1. The van der Waals surface area contributed by atoms with Gasteiger partial charge in [-0.25, -0.2) is 0 Å². The number of benzene rings is 2. The van der Waals surface area contributed by atoms with Crippen LogP contribution in [-0.4, -0.2) is 79.2 Å². The fourth-order valence-corrected chi connectivity index (χ4v) is 6.06. The highest BCUT2D eigenvalue weighted by atomic mass is 16.7. The molecule has 1 saturated heterocycles. The molecule has 1 aromatic heterocycles. The van der Waals surface area contributed by atoms with Crippen molar-refractivity contribution in [3.63, 3.8) is 0 Å². The van der Waals surface area contributed by atoms with Gasteiger partial charge in [0.2, 0.25) is 12.5 Å². The first-order chi connectivity index (χ1) is 19.9. The summed E-state index contributed by atoms with van der Waals surface area (Å²) in [4.78, 5) is 15.4. The molecule has 41 heavy (non-hydrogen) atoms. The Balaban J connectivity index is 1.36. The second-order valence-corrected chi connectivity index (χ2v) is 10.8. The fourth-order valence-electron chi connectivity index (χ4n) is 6.06. The number of aromatic hydroxyl groups is 1. The number of hydrogen-bond acceptors (Lipinski definition) is 11. The van der Waals surface area contributed by atoms with Crippen molar-refractivity contribution in [3.8, 4) is 28.7 Å². The van der Waals surface area contributed by atoms with Crippen LogP contribution >= 0.6 is 0 Å². The van der Waals surface area contributed by atoms with Gasteiger partial charge in [0.15, 0.2) is 23.0 Å². The lowest BCUT2D eigenvalue weighted by molar-refractivity contribution is -0.141. The maximum atomic E-state index is 13.3. The molecular weight excluding hydrogens is 532 g/mol. The lowest BCUT2D eigenvalue weighted by Gasteiger charge is -2.39. The molecule has 2 aromatic carbocycles. The van der Waals surface area contributed by atoms with Gasteiger partial charge in [-0.05, 0) is 68.0 Å². The van der Waals surface area contributed by atoms with Crippen LogP contribution in [0.2, 0.25) is 0 Å². The second kappa shape index (κ2) is 11.1. The number of rotatable bonds is 10. The summed E-state index contributed by atoms with van der Waals surface area (Å²) in [5, 5.41) is 19.1. The van der Waals surface area contributed by atoms with Crippen molar-refractivity contribution < 1.29 is 38.3 Å². The number of carbonyl (C=O) groups excluding carboxylic acids is 1. The Morgan fingerprint density at radius 3 is 2.44 bits per heavy atom. The summed E-state index contributed by atoms with van der Waals surface area (Å²) in [5.74, 6) is 0.0308. The normalized spacial score (nSPS) is 22.4. The number of ether oxygens (including phenoxy) is 6. The first kappa shape index (κ1) is 27.2. The average Bonchev–Trinajstić information content (AvgIpc) is 3.70. The summed E-state index contributed by atoms with van der Waals surface area (Å²) in [6.07, 6.45) is 2.38. The molecule has 0 spiro atoms. The van der Waals surface area contributed by atoms with Crippen molar-refractivity contribution >= 4 is 5.97 Å². The van der Waals surface area contributed by atoms with E-state index < -0.39 is 17.9 Å². The fraction of sp³-hybridized carbons (Fsp3) is 0.483. The van der Waals surface area contributed by atoms with Crippen LogP contribution in [-0.2, 0) is 27.4 Å². The van der Waals surface area contributed by atoms with E-state index in [2.05, 4.69) is 15.2 Å². The van der Waals surface area contributed by atoms with E-state index in [9.17, 15) is 9.90 Å². The summed E-state index contributed by atoms with van der Waals surface area (Å²) in [6.45, 7) is 2.26. The van der Waals surface area contributed by atoms with Gasteiger partial charge < -0.3 is 38.4 Å². The van der Waals surface area contributed by atoms with Crippen LogP contribution in [0.3, 0.4) is 0 Å². The van der Waals surface area contributed by atoms with Gasteiger partial charge in [-0.1, -0.05) is 5.21 Å². The molecule has 3 aliphatic rings. The maximum Gasteiger partial charge on any atom is 0.310 e. The van der Waals surface area contributed by atoms with E-state index in [0.717, 1.165) is 36.2 Å². The minimum atomic E-state index is -0.548. The third-order valence-electron chi connectivity index (χ3n) is 7.97. The van der Waals surface area contributed by atoms with Crippen LogP contribution in [0, 0.1) is 11.8 Å². The molecule has 1 aliphatic carbocycles. The molecule has 1 N–H and O–H groups in total. The van der Waals surface area contributed by atoms with Crippen molar-refractivity contribution in [3.05, 3.63) is 52.8 Å². The van der Waals surface area contributed by atoms with Crippen LogP contribution in [0.15, 0.2) is 30.5 Å². The van der Waals surface area contributed by atoms with E-state index in [1.165, 1.54) is 14.2 Å². The van der Waals surface area contributed by atoms with Crippen molar-refractivity contribution in [1.82, 2.24) is 19.9 Å². The average molecular weight is 567 g/mol. The zero-order chi connectivity index (χ0) is 28.7. The molecule has 218 valence electrons. The molecule has 3 heterocycles. The summed E-state index contributed by atoms with van der Waals surface area (Å²) in [5.41, 5.74) is 3.17. The van der Waals surface area contributed by atoms with Gasteiger partial charge in [0.25, 0.3) is 0 Å². The molecule has 1 fully saturated rings. The quantitative estimate of drug-likeness (QED) is 0.364. The number of aromatic nitrogens is 3. The molecule has 12 nitrogen and oxygen atoms in total. The smallest absolute Gasteiger partial charge is 0.310 e. The number of cyclic esters (lactones) is 1. The van der Waals surface area contributed by atoms with Crippen molar-refractivity contribution in [2.24, 2.45) is 11.8 Å². The predicted octanol–water partition coefficient (Wildman–Crippen LogP) is 2.87. The number of nitrogens with zero attached hydrogens (tertiary/aromatic N) is 4. The van der Waals surface area contributed by atoms with Gasteiger partial charge in [-0.3, -0.25) is 9.48 Å². The lowest BCUT2D eigenvalue weighted by Crippen LogP contribution is -2.35. The van der Waals surface area contributed by atoms with Crippen LogP contribution in [0.5, 0.6) is 28.7 Å². The molecule has 0 bridgehead atoms. The van der Waals surface area contributed by atoms with Gasteiger partial charge in [-0.15, -0.1) is 5.10 Å². The Morgan fingerprint density at radius 1 is 1.05 bits per heavy atom. The molecule has 12 heteroatoms. The molecule has 0 radical (unpaired) electrons. The first-order valence-electron chi connectivity index (χ1n) is 13.6. The van der Waals surface area contributed by atoms with Crippen molar-refractivity contribution in [1.29, 1.82) is 0 Å². The molecule has 2 aliphatic heterocycles. The maximum absolute atomic E-state index is 13.3. The van der Waals surface area contributed by atoms with E-state index in [-0.39, 0.29) is 49.1 Å². The third kappa shape index (κ3) is 5.02. The molecule has 3 aromatic rings.